The molecular formula is C7H12N2OS. The van der Waals surface area contributed by atoms with Gasteiger partial charge in [-0.15, -0.1) is 0 Å². The molecule has 1 heterocycles. The lowest BCUT2D eigenvalue weighted by molar-refractivity contribution is 0.411. The fourth-order valence-electron chi connectivity index (χ4n) is 0.813. The molecule has 4 heteroatoms. The highest BCUT2D eigenvalue weighted by atomic mass is 32.1. The zero-order valence-corrected chi connectivity index (χ0v) is 7.79. The monoisotopic (exact) mass is 172 g/mol. The summed E-state index contributed by atoms with van der Waals surface area (Å²) in [4.78, 5) is 5.44. The van der Waals surface area contributed by atoms with Crippen LogP contribution in [0.1, 0.15) is 10.6 Å². The Bertz CT molecular complexity index is 234. The van der Waals surface area contributed by atoms with Gasteiger partial charge < -0.3 is 10.1 Å². The Morgan fingerprint density at radius 3 is 2.82 bits per heavy atom. The molecule has 0 unspecified atom stereocenters. The van der Waals surface area contributed by atoms with Gasteiger partial charge in [0.05, 0.1) is 12.8 Å². The Labute approximate surface area is 70.4 Å². The lowest BCUT2D eigenvalue weighted by Gasteiger charge is -1.92. The summed E-state index contributed by atoms with van der Waals surface area (Å²) in [5.74, 6) is 0. The van der Waals surface area contributed by atoms with Gasteiger partial charge in [-0.25, -0.2) is 4.98 Å². The number of aromatic nitrogens is 1. The van der Waals surface area contributed by atoms with E-state index in [2.05, 4.69) is 10.3 Å². The minimum absolute atomic E-state index is 0.743. The first-order valence-electron chi connectivity index (χ1n) is 3.42. The molecule has 0 atom stereocenters. The van der Waals surface area contributed by atoms with E-state index in [0.717, 1.165) is 17.4 Å². The van der Waals surface area contributed by atoms with Gasteiger partial charge in [-0.3, -0.25) is 0 Å². The Morgan fingerprint density at radius 2 is 2.36 bits per heavy atom. The largest absolute Gasteiger partial charge is 0.473 e. The smallest absolute Gasteiger partial charge is 0.273 e. The Hall–Kier alpha value is -0.610. The van der Waals surface area contributed by atoms with Gasteiger partial charge >= 0.3 is 0 Å². The van der Waals surface area contributed by atoms with Crippen molar-refractivity contribution in [2.24, 2.45) is 0 Å². The molecular weight excluding hydrogens is 160 g/mol. The highest BCUT2D eigenvalue weighted by Gasteiger charge is 2.05. The first-order valence-corrected chi connectivity index (χ1v) is 4.24. The molecule has 0 aliphatic rings. The van der Waals surface area contributed by atoms with Crippen molar-refractivity contribution in [3.8, 4) is 5.19 Å². The van der Waals surface area contributed by atoms with Crippen molar-refractivity contribution < 1.29 is 4.74 Å². The summed E-state index contributed by atoms with van der Waals surface area (Å²) in [7, 11) is 3.56. The van der Waals surface area contributed by atoms with Crippen LogP contribution in [-0.2, 0) is 6.54 Å². The van der Waals surface area contributed by atoms with Crippen molar-refractivity contribution in [2.45, 2.75) is 13.5 Å². The average Bonchev–Trinajstić information content (AvgIpc) is 2.33. The second-order valence-electron chi connectivity index (χ2n) is 2.22. The number of aryl methyl sites for hydroxylation is 1. The molecule has 0 amide bonds. The number of thiazole rings is 1. The maximum Gasteiger partial charge on any atom is 0.273 e. The van der Waals surface area contributed by atoms with Gasteiger partial charge in [0.2, 0.25) is 0 Å². The van der Waals surface area contributed by atoms with Crippen LogP contribution < -0.4 is 10.1 Å². The fraction of sp³-hybridized carbons (Fsp3) is 0.571. The van der Waals surface area contributed by atoms with Crippen LogP contribution in [0.15, 0.2) is 0 Å². The normalized spacial score (nSPS) is 10.1. The number of nitrogens with zero attached hydrogens (tertiary/aromatic N) is 1. The van der Waals surface area contributed by atoms with Gasteiger partial charge in [-0.1, -0.05) is 11.3 Å². The molecule has 1 aromatic rings. The molecule has 62 valence electrons. The molecule has 1 rings (SSSR count). The van der Waals surface area contributed by atoms with E-state index < -0.39 is 0 Å². The van der Waals surface area contributed by atoms with E-state index in [1.807, 2.05) is 14.0 Å². The molecule has 1 aromatic heterocycles. The minimum atomic E-state index is 0.743. The van der Waals surface area contributed by atoms with E-state index in [1.165, 1.54) is 4.88 Å². The fourth-order valence-corrected chi connectivity index (χ4v) is 1.70. The van der Waals surface area contributed by atoms with Gasteiger partial charge in [0.25, 0.3) is 5.19 Å². The highest BCUT2D eigenvalue weighted by Crippen LogP contribution is 2.23. The van der Waals surface area contributed by atoms with Gasteiger partial charge in [0, 0.05) is 11.4 Å². The molecule has 0 aliphatic heterocycles. The van der Waals surface area contributed by atoms with Crippen molar-refractivity contribution in [3.05, 3.63) is 10.6 Å². The third-order valence-electron chi connectivity index (χ3n) is 1.38. The number of ether oxygens (including phenoxy) is 1. The Kier molecular flexibility index (Phi) is 2.84. The zero-order chi connectivity index (χ0) is 8.27. The Morgan fingerprint density at radius 1 is 1.64 bits per heavy atom. The molecule has 0 aliphatic carbocycles. The highest BCUT2D eigenvalue weighted by molar-refractivity contribution is 7.13. The van der Waals surface area contributed by atoms with Crippen molar-refractivity contribution in [1.29, 1.82) is 0 Å². The van der Waals surface area contributed by atoms with Crippen molar-refractivity contribution in [2.75, 3.05) is 14.2 Å². The summed E-state index contributed by atoms with van der Waals surface area (Å²) in [5, 5.41) is 3.82. The third-order valence-corrected chi connectivity index (χ3v) is 2.50. The van der Waals surface area contributed by atoms with Gasteiger partial charge in [-0.2, -0.15) is 0 Å². The lowest BCUT2D eigenvalue weighted by atomic mass is 10.4. The summed E-state index contributed by atoms with van der Waals surface area (Å²) >= 11 is 1.59. The van der Waals surface area contributed by atoms with Crippen LogP contribution in [0.25, 0.3) is 0 Å². The SMILES string of the molecule is CNCc1sc(OC)nc1C. The molecule has 0 bridgehead atoms. The number of hydrogen-bond acceptors (Lipinski definition) is 4. The van der Waals surface area contributed by atoms with Crippen LogP contribution in [0.4, 0.5) is 0 Å². The van der Waals surface area contributed by atoms with Crippen molar-refractivity contribution >= 4 is 11.3 Å². The first kappa shape index (κ1) is 8.49. The predicted molar refractivity (Wildman–Crippen MR) is 46.2 cm³/mol. The van der Waals surface area contributed by atoms with Crippen molar-refractivity contribution in [1.82, 2.24) is 10.3 Å². The first-order chi connectivity index (χ1) is 5.27. The molecule has 0 fully saturated rings. The number of methoxy groups -OCH3 is 1. The molecule has 0 saturated carbocycles. The zero-order valence-electron chi connectivity index (χ0n) is 6.97. The van der Waals surface area contributed by atoms with Crippen LogP contribution in [0.3, 0.4) is 0 Å². The summed E-state index contributed by atoms with van der Waals surface area (Å²) in [6.45, 7) is 2.86. The second-order valence-corrected chi connectivity index (χ2v) is 3.27. The minimum Gasteiger partial charge on any atom is -0.473 e. The van der Waals surface area contributed by atoms with Gasteiger partial charge in [0.15, 0.2) is 0 Å². The van der Waals surface area contributed by atoms with Crippen molar-refractivity contribution in [3.63, 3.8) is 0 Å². The molecule has 0 aromatic carbocycles. The summed E-state index contributed by atoms with van der Waals surface area (Å²) in [6.07, 6.45) is 0. The molecule has 3 nitrogen and oxygen atoms in total. The Balaban J connectivity index is 2.79. The van der Waals surface area contributed by atoms with E-state index in [0.29, 0.717) is 0 Å². The molecule has 0 spiro atoms. The standard InChI is InChI=1S/C7H12N2OS/c1-5-6(4-8-2)11-7(9-5)10-3/h8H,4H2,1-3H3. The van der Waals surface area contributed by atoms with Crippen LogP contribution in [-0.4, -0.2) is 19.1 Å². The average molecular weight is 172 g/mol. The number of rotatable bonds is 3. The van der Waals surface area contributed by atoms with E-state index in [1.54, 1.807) is 18.4 Å². The maximum atomic E-state index is 5.00. The number of nitrogens with one attached hydrogen (secondary N) is 1. The quantitative estimate of drug-likeness (QED) is 0.743. The maximum absolute atomic E-state index is 5.00. The predicted octanol–water partition coefficient (Wildman–Crippen LogP) is 1.18. The van der Waals surface area contributed by atoms with E-state index in [4.69, 9.17) is 4.74 Å². The van der Waals surface area contributed by atoms with Crippen LogP contribution in [0, 0.1) is 6.92 Å². The molecule has 1 N–H and O–H groups in total. The van der Waals surface area contributed by atoms with E-state index in [-0.39, 0.29) is 0 Å². The lowest BCUT2D eigenvalue weighted by Crippen LogP contribution is -2.04. The topological polar surface area (TPSA) is 34.1 Å². The molecule has 0 saturated heterocycles. The van der Waals surface area contributed by atoms with E-state index >= 15 is 0 Å². The third kappa shape index (κ3) is 1.91. The van der Waals surface area contributed by atoms with Crippen LogP contribution in [0.5, 0.6) is 5.19 Å². The molecule has 11 heavy (non-hydrogen) atoms. The number of hydrogen-bond donors (Lipinski definition) is 1. The van der Waals surface area contributed by atoms with Gasteiger partial charge in [0.1, 0.15) is 0 Å². The van der Waals surface area contributed by atoms with Gasteiger partial charge in [-0.05, 0) is 14.0 Å². The summed E-state index contributed by atoms with van der Waals surface area (Å²) < 4.78 is 5.00. The second kappa shape index (κ2) is 3.69. The van der Waals surface area contributed by atoms with Crippen LogP contribution in [0.2, 0.25) is 0 Å². The van der Waals surface area contributed by atoms with E-state index in [9.17, 15) is 0 Å². The van der Waals surface area contributed by atoms with Crippen LogP contribution >= 0.6 is 11.3 Å². The summed E-state index contributed by atoms with van der Waals surface area (Å²) in [6, 6.07) is 0. The summed E-state index contributed by atoms with van der Waals surface area (Å²) in [5.41, 5.74) is 1.06. The molecule has 0 radical (unpaired) electrons.